The predicted octanol–water partition coefficient (Wildman–Crippen LogP) is 5.31. The van der Waals surface area contributed by atoms with Crippen molar-refractivity contribution in [2.45, 2.75) is 73.5 Å². The highest BCUT2D eigenvalue weighted by Gasteiger charge is 2.22. The van der Waals surface area contributed by atoms with Gasteiger partial charge in [0.15, 0.2) is 0 Å². The molecule has 0 unspecified atom stereocenters. The Morgan fingerprint density at radius 1 is 1.13 bits per heavy atom. The summed E-state index contributed by atoms with van der Waals surface area (Å²) in [6, 6.07) is 5.99. The maximum absolute atomic E-state index is 13.2. The lowest BCUT2D eigenvalue weighted by atomic mass is 10.0. The third-order valence-corrected chi connectivity index (χ3v) is 5.80. The molecule has 0 spiro atoms. The highest BCUT2D eigenvalue weighted by Crippen LogP contribution is 2.24. The van der Waals surface area contributed by atoms with Crippen molar-refractivity contribution >= 4 is 23.2 Å². The molecule has 0 saturated carbocycles. The van der Waals surface area contributed by atoms with Crippen LogP contribution in [0.4, 0.5) is 5.69 Å². The SMILES string of the molecule is CCc1cccc(CC)c1NC(=O)c1c(C)n(CCCOC(C)C)c(C)c(Cl)c1=O. The van der Waals surface area contributed by atoms with E-state index in [1.54, 1.807) is 6.92 Å². The second-order valence-corrected chi connectivity index (χ2v) is 8.10. The minimum absolute atomic E-state index is 0.0926. The zero-order chi connectivity index (χ0) is 22.4. The Morgan fingerprint density at radius 3 is 2.27 bits per heavy atom. The first-order valence-electron chi connectivity index (χ1n) is 10.7. The van der Waals surface area contributed by atoms with E-state index in [9.17, 15) is 9.59 Å². The number of hydrogen-bond acceptors (Lipinski definition) is 3. The maximum atomic E-state index is 13.2. The minimum Gasteiger partial charge on any atom is -0.379 e. The second kappa shape index (κ2) is 10.8. The van der Waals surface area contributed by atoms with E-state index in [2.05, 4.69) is 5.32 Å². The Bertz CT molecular complexity index is 942. The van der Waals surface area contributed by atoms with Gasteiger partial charge in [-0.15, -0.1) is 0 Å². The number of rotatable bonds is 9. The molecule has 0 bridgehead atoms. The van der Waals surface area contributed by atoms with Crippen molar-refractivity contribution in [3.63, 3.8) is 0 Å². The van der Waals surface area contributed by atoms with Gasteiger partial charge in [-0.05, 0) is 58.1 Å². The fourth-order valence-corrected chi connectivity index (χ4v) is 3.86. The van der Waals surface area contributed by atoms with Crippen LogP contribution in [-0.4, -0.2) is 23.2 Å². The van der Waals surface area contributed by atoms with Gasteiger partial charge in [-0.1, -0.05) is 43.6 Å². The zero-order valence-corrected chi connectivity index (χ0v) is 19.7. The van der Waals surface area contributed by atoms with Gasteiger partial charge in [0, 0.05) is 30.2 Å². The van der Waals surface area contributed by atoms with Crippen LogP contribution < -0.4 is 10.7 Å². The topological polar surface area (TPSA) is 60.3 Å². The van der Waals surface area contributed by atoms with Gasteiger partial charge in [0.1, 0.15) is 10.6 Å². The number of nitrogens with one attached hydrogen (secondary N) is 1. The van der Waals surface area contributed by atoms with E-state index in [0.717, 1.165) is 36.1 Å². The number of anilines is 1. The molecule has 0 aliphatic carbocycles. The molecule has 6 heteroatoms. The van der Waals surface area contributed by atoms with Crippen LogP contribution in [0.5, 0.6) is 0 Å². The summed E-state index contributed by atoms with van der Waals surface area (Å²) in [6.07, 6.45) is 2.50. The third-order valence-electron chi connectivity index (χ3n) is 5.36. The molecule has 1 N–H and O–H groups in total. The summed E-state index contributed by atoms with van der Waals surface area (Å²) in [4.78, 5) is 26.1. The molecule has 0 saturated heterocycles. The van der Waals surface area contributed by atoms with Crippen LogP contribution >= 0.6 is 11.6 Å². The van der Waals surface area contributed by atoms with Gasteiger partial charge >= 0.3 is 0 Å². The molecule has 0 aliphatic rings. The smallest absolute Gasteiger partial charge is 0.261 e. The van der Waals surface area contributed by atoms with Crippen LogP contribution in [0.1, 0.15) is 67.0 Å². The average molecular weight is 433 g/mol. The fourth-order valence-electron chi connectivity index (χ4n) is 3.67. The molecule has 164 valence electrons. The van der Waals surface area contributed by atoms with E-state index in [4.69, 9.17) is 16.3 Å². The number of carbonyl (C=O) groups is 1. The van der Waals surface area contributed by atoms with Gasteiger partial charge < -0.3 is 14.6 Å². The first-order valence-corrected chi connectivity index (χ1v) is 11.0. The van der Waals surface area contributed by atoms with Gasteiger partial charge in [0.25, 0.3) is 5.91 Å². The van der Waals surface area contributed by atoms with Crippen LogP contribution in [0.25, 0.3) is 0 Å². The van der Waals surface area contributed by atoms with Gasteiger partial charge in [-0.2, -0.15) is 0 Å². The van der Waals surface area contributed by atoms with Gasteiger partial charge in [0.05, 0.1) is 6.10 Å². The summed E-state index contributed by atoms with van der Waals surface area (Å²) in [5, 5.41) is 3.09. The summed E-state index contributed by atoms with van der Waals surface area (Å²) in [5.41, 5.74) is 3.85. The van der Waals surface area contributed by atoms with Crippen molar-refractivity contribution in [1.82, 2.24) is 4.57 Å². The predicted molar refractivity (Wildman–Crippen MR) is 124 cm³/mol. The Labute approximate surface area is 184 Å². The highest BCUT2D eigenvalue weighted by molar-refractivity contribution is 6.31. The molecular weight excluding hydrogens is 400 g/mol. The number of nitrogens with zero attached hydrogens (tertiary/aromatic N) is 1. The molecule has 0 radical (unpaired) electrons. The number of ether oxygens (including phenoxy) is 1. The van der Waals surface area contributed by atoms with Crippen LogP contribution in [0.15, 0.2) is 23.0 Å². The summed E-state index contributed by atoms with van der Waals surface area (Å²) in [7, 11) is 0. The summed E-state index contributed by atoms with van der Waals surface area (Å²) in [5.74, 6) is -0.415. The monoisotopic (exact) mass is 432 g/mol. The van der Waals surface area contributed by atoms with Crippen molar-refractivity contribution < 1.29 is 9.53 Å². The van der Waals surface area contributed by atoms with Crippen LogP contribution in [0.2, 0.25) is 5.02 Å². The van der Waals surface area contributed by atoms with E-state index in [1.165, 1.54) is 0 Å². The minimum atomic E-state index is -0.425. The van der Waals surface area contributed by atoms with E-state index in [-0.39, 0.29) is 16.7 Å². The molecule has 1 aromatic heterocycles. The maximum Gasteiger partial charge on any atom is 0.261 e. The molecule has 0 aliphatic heterocycles. The molecule has 1 amide bonds. The Kier molecular flexibility index (Phi) is 8.68. The zero-order valence-electron chi connectivity index (χ0n) is 18.9. The summed E-state index contributed by atoms with van der Waals surface area (Å²) >= 11 is 6.34. The second-order valence-electron chi connectivity index (χ2n) is 7.73. The number of aromatic nitrogens is 1. The molecule has 1 aromatic carbocycles. The number of aryl methyl sites for hydroxylation is 2. The van der Waals surface area contributed by atoms with E-state index in [0.29, 0.717) is 24.5 Å². The number of amides is 1. The third kappa shape index (κ3) is 5.32. The number of benzene rings is 1. The van der Waals surface area contributed by atoms with Crippen molar-refractivity contribution in [1.29, 1.82) is 0 Å². The molecule has 2 rings (SSSR count). The lowest BCUT2D eigenvalue weighted by Crippen LogP contribution is -2.29. The van der Waals surface area contributed by atoms with Crippen molar-refractivity contribution in [3.8, 4) is 0 Å². The molecule has 1 heterocycles. The number of para-hydroxylation sites is 1. The number of pyridine rings is 1. The average Bonchev–Trinajstić information content (AvgIpc) is 2.71. The quantitative estimate of drug-likeness (QED) is 0.546. The van der Waals surface area contributed by atoms with E-state index >= 15 is 0 Å². The lowest BCUT2D eigenvalue weighted by molar-refractivity contribution is 0.0747. The van der Waals surface area contributed by atoms with Crippen LogP contribution in [0.3, 0.4) is 0 Å². The first kappa shape index (κ1) is 24.2. The molecule has 2 aromatic rings. The Morgan fingerprint density at radius 2 is 1.73 bits per heavy atom. The van der Waals surface area contributed by atoms with E-state index < -0.39 is 11.3 Å². The summed E-state index contributed by atoms with van der Waals surface area (Å²) < 4.78 is 7.56. The largest absolute Gasteiger partial charge is 0.379 e. The standard InChI is InChI=1S/C24H33ClN2O3/c1-7-18-11-9-12-19(8-2)22(18)26-24(29)20-16(5)27(13-10-14-30-15(3)4)17(6)21(25)23(20)28/h9,11-12,15H,7-8,10,13-14H2,1-6H3,(H,26,29). The van der Waals surface area contributed by atoms with Gasteiger partial charge in [0.2, 0.25) is 5.43 Å². The van der Waals surface area contributed by atoms with Gasteiger partial charge in [-0.3, -0.25) is 9.59 Å². The highest BCUT2D eigenvalue weighted by atomic mass is 35.5. The first-order chi connectivity index (χ1) is 14.2. The van der Waals surface area contributed by atoms with Crippen LogP contribution in [-0.2, 0) is 24.1 Å². The Balaban J connectivity index is 2.42. The molecular formula is C24H33ClN2O3. The van der Waals surface area contributed by atoms with Crippen molar-refractivity contribution in [2.75, 3.05) is 11.9 Å². The fraction of sp³-hybridized carbons (Fsp3) is 0.500. The molecule has 30 heavy (non-hydrogen) atoms. The molecule has 0 atom stereocenters. The normalized spacial score (nSPS) is 11.2. The number of carbonyl (C=O) groups excluding carboxylic acids is 1. The lowest BCUT2D eigenvalue weighted by Gasteiger charge is -2.20. The van der Waals surface area contributed by atoms with Crippen LogP contribution in [0, 0.1) is 13.8 Å². The van der Waals surface area contributed by atoms with Crippen molar-refractivity contribution in [3.05, 3.63) is 61.5 Å². The molecule has 5 nitrogen and oxygen atoms in total. The Hall–Kier alpha value is -2.11. The van der Waals surface area contributed by atoms with Gasteiger partial charge in [-0.25, -0.2) is 0 Å². The summed E-state index contributed by atoms with van der Waals surface area (Å²) in [6.45, 7) is 12.9. The number of halogens is 1. The number of hydrogen-bond donors (Lipinski definition) is 1. The molecule has 0 fully saturated rings. The van der Waals surface area contributed by atoms with E-state index in [1.807, 2.05) is 57.4 Å². The van der Waals surface area contributed by atoms with Crippen molar-refractivity contribution in [2.24, 2.45) is 0 Å².